The predicted octanol–water partition coefficient (Wildman–Crippen LogP) is 9.84. The van der Waals surface area contributed by atoms with Crippen LogP contribution in [-0.2, 0) is 13.0 Å². The highest BCUT2D eigenvalue weighted by atomic mass is 15.1. The summed E-state index contributed by atoms with van der Waals surface area (Å²) < 4.78 is 2.28. The van der Waals surface area contributed by atoms with E-state index in [2.05, 4.69) is 96.3 Å². The normalized spacial score (nSPS) is 12.0. The second-order valence-corrected chi connectivity index (χ2v) is 8.31. The number of rotatable bonds is 7. The number of nitrogens with zero attached hydrogens (tertiary/aromatic N) is 2. The average Bonchev–Trinajstić information content (AvgIpc) is 3.11. The highest BCUT2D eigenvalue weighted by Gasteiger charge is 2.11. The van der Waals surface area contributed by atoms with Crippen LogP contribution >= 0.6 is 0 Å². The van der Waals surface area contributed by atoms with Gasteiger partial charge in [0.25, 0.3) is 0 Å². The zero-order valence-electron chi connectivity index (χ0n) is 23.0. The quantitative estimate of drug-likeness (QED) is 0.386. The summed E-state index contributed by atoms with van der Waals surface area (Å²) in [7, 11) is 0. The number of allylic oxidation sites excluding steroid dienone is 6. The van der Waals surface area contributed by atoms with Crippen molar-refractivity contribution < 1.29 is 0 Å². The summed E-state index contributed by atoms with van der Waals surface area (Å²) in [4.78, 5) is 4.67. The fourth-order valence-corrected chi connectivity index (χ4v) is 3.16. The molecule has 1 aromatic rings. The minimum Gasteiger partial charge on any atom is -0.328 e. The third-order valence-electron chi connectivity index (χ3n) is 4.78. The molecule has 0 amide bonds. The van der Waals surface area contributed by atoms with Crippen LogP contribution in [0.2, 0.25) is 0 Å². The van der Waals surface area contributed by atoms with Gasteiger partial charge in [0.05, 0.1) is 11.4 Å². The molecule has 1 aliphatic rings. The second-order valence-electron chi connectivity index (χ2n) is 8.31. The Kier molecular flexibility index (Phi) is 19.6. The van der Waals surface area contributed by atoms with Crippen molar-refractivity contribution >= 4 is 12.2 Å². The van der Waals surface area contributed by atoms with Crippen molar-refractivity contribution in [2.45, 2.75) is 108 Å². The molecule has 0 aliphatic heterocycles. The Morgan fingerprint density at radius 3 is 2.09 bits per heavy atom. The molecular weight excluding hydrogens is 388 g/mol. The molecule has 32 heavy (non-hydrogen) atoms. The molecule has 2 heteroatoms. The van der Waals surface area contributed by atoms with Crippen LogP contribution in [0, 0.1) is 5.92 Å². The van der Waals surface area contributed by atoms with Gasteiger partial charge in [-0.2, -0.15) is 0 Å². The first kappa shape index (κ1) is 32.1. The lowest BCUT2D eigenvalue weighted by atomic mass is 9.93. The molecule has 182 valence electrons. The molecule has 1 heterocycles. The van der Waals surface area contributed by atoms with Gasteiger partial charge in [0, 0.05) is 13.0 Å². The van der Waals surface area contributed by atoms with Crippen molar-refractivity contribution in [3.05, 3.63) is 65.3 Å². The van der Waals surface area contributed by atoms with Gasteiger partial charge < -0.3 is 4.57 Å². The molecule has 0 N–H and O–H groups in total. The van der Waals surface area contributed by atoms with Gasteiger partial charge in [-0.1, -0.05) is 84.4 Å². The topological polar surface area (TPSA) is 17.8 Å². The van der Waals surface area contributed by atoms with E-state index in [1.54, 1.807) is 0 Å². The largest absolute Gasteiger partial charge is 0.328 e. The molecular formula is C30H52N2. The summed E-state index contributed by atoms with van der Waals surface area (Å²) in [5, 5.41) is 0. The lowest BCUT2D eigenvalue weighted by Gasteiger charge is -2.13. The van der Waals surface area contributed by atoms with E-state index < -0.39 is 0 Å². The molecule has 1 aliphatic carbocycles. The summed E-state index contributed by atoms with van der Waals surface area (Å²) in [6.45, 7) is 29.7. The minimum absolute atomic E-state index is 0.704. The molecule has 0 fully saturated rings. The number of hydrogen-bond acceptors (Lipinski definition) is 1. The third kappa shape index (κ3) is 12.7. The van der Waals surface area contributed by atoms with Crippen LogP contribution in [0.15, 0.2) is 48.1 Å². The van der Waals surface area contributed by atoms with Crippen molar-refractivity contribution in [2.75, 3.05) is 0 Å². The van der Waals surface area contributed by atoms with Crippen molar-refractivity contribution in [1.82, 2.24) is 9.55 Å². The summed E-state index contributed by atoms with van der Waals surface area (Å²) in [5.74, 6) is 1.86. The van der Waals surface area contributed by atoms with Crippen molar-refractivity contribution in [1.29, 1.82) is 0 Å². The van der Waals surface area contributed by atoms with Gasteiger partial charge in [0.1, 0.15) is 5.82 Å². The van der Waals surface area contributed by atoms with E-state index in [4.69, 9.17) is 0 Å². The van der Waals surface area contributed by atoms with Gasteiger partial charge in [-0.25, -0.2) is 4.98 Å². The summed E-state index contributed by atoms with van der Waals surface area (Å²) in [6.07, 6.45) is 16.3. The van der Waals surface area contributed by atoms with Crippen LogP contribution in [0.4, 0.5) is 0 Å². The van der Waals surface area contributed by atoms with Gasteiger partial charge in [0.15, 0.2) is 0 Å². The van der Waals surface area contributed by atoms with Crippen LogP contribution in [0.5, 0.6) is 0 Å². The number of imidazole rings is 1. The van der Waals surface area contributed by atoms with Crippen molar-refractivity contribution in [2.24, 2.45) is 5.92 Å². The Bertz CT molecular complexity index is 735. The van der Waals surface area contributed by atoms with Crippen LogP contribution in [0.3, 0.4) is 0 Å². The summed E-state index contributed by atoms with van der Waals surface area (Å²) >= 11 is 0. The monoisotopic (exact) mass is 440 g/mol. The lowest BCUT2D eigenvalue weighted by molar-refractivity contribution is 0.638. The Morgan fingerprint density at radius 1 is 1.16 bits per heavy atom. The third-order valence-corrected chi connectivity index (χ3v) is 4.78. The molecule has 0 spiro atoms. The van der Waals surface area contributed by atoms with E-state index in [-0.39, 0.29) is 0 Å². The van der Waals surface area contributed by atoms with Gasteiger partial charge in [0.2, 0.25) is 0 Å². The van der Waals surface area contributed by atoms with E-state index >= 15 is 0 Å². The first-order valence-electron chi connectivity index (χ1n) is 12.6. The Labute approximate surface area is 200 Å². The molecule has 2 nitrogen and oxygen atoms in total. The molecule has 0 saturated heterocycles. The Hall–Kier alpha value is -2.09. The zero-order valence-corrected chi connectivity index (χ0v) is 23.0. The summed E-state index contributed by atoms with van der Waals surface area (Å²) in [6, 6.07) is 0. The first-order chi connectivity index (χ1) is 15.2. The second kappa shape index (κ2) is 19.6. The fourth-order valence-electron chi connectivity index (χ4n) is 3.16. The molecule has 0 atom stereocenters. The standard InChI is InChI=1S/C14H22N2.C10H16.C4H8.C2H6/c1-6-9-16-13(7-2)12(10-11(4)5)15-14(16)8-3;1-8(2)10-6-4-5-9(3)7-10;1-3-4-2;1-2/h7,10H,2,6,8-9H2,1,3-5H3;6-8H,4-5H2,1-3H3;3H,1,4H2,2H3;1-2H3. The smallest absolute Gasteiger partial charge is 0.109 e. The van der Waals surface area contributed by atoms with E-state index in [9.17, 15) is 0 Å². The van der Waals surface area contributed by atoms with Gasteiger partial charge >= 0.3 is 0 Å². The van der Waals surface area contributed by atoms with Crippen LogP contribution in [-0.4, -0.2) is 9.55 Å². The molecule has 0 bridgehead atoms. The molecule has 0 saturated carbocycles. The predicted molar refractivity (Wildman–Crippen MR) is 149 cm³/mol. The number of hydrogen-bond donors (Lipinski definition) is 0. The van der Waals surface area contributed by atoms with Crippen LogP contribution in [0.25, 0.3) is 12.2 Å². The molecule has 0 radical (unpaired) electrons. The summed E-state index contributed by atoms with van der Waals surface area (Å²) in [5.41, 5.74) is 6.53. The molecule has 2 rings (SSSR count). The average molecular weight is 441 g/mol. The molecule has 0 aromatic carbocycles. The van der Waals surface area contributed by atoms with Crippen molar-refractivity contribution in [3.63, 3.8) is 0 Å². The maximum atomic E-state index is 4.67. The highest BCUT2D eigenvalue weighted by Crippen LogP contribution is 2.21. The maximum absolute atomic E-state index is 4.67. The minimum atomic E-state index is 0.704. The highest BCUT2D eigenvalue weighted by molar-refractivity contribution is 5.61. The zero-order chi connectivity index (χ0) is 25.1. The number of aryl methyl sites for hydroxylation is 1. The van der Waals surface area contributed by atoms with Gasteiger partial charge in [-0.15, -0.1) is 6.58 Å². The van der Waals surface area contributed by atoms with Crippen LogP contribution < -0.4 is 0 Å². The van der Waals surface area contributed by atoms with E-state index in [1.807, 2.05) is 26.0 Å². The van der Waals surface area contributed by atoms with E-state index in [0.29, 0.717) is 5.92 Å². The van der Waals surface area contributed by atoms with E-state index in [1.165, 1.54) is 29.6 Å². The molecule has 1 aromatic heterocycles. The van der Waals surface area contributed by atoms with E-state index in [0.717, 1.165) is 43.0 Å². The van der Waals surface area contributed by atoms with Gasteiger partial charge in [-0.05, 0) is 70.1 Å². The maximum Gasteiger partial charge on any atom is 0.109 e. The van der Waals surface area contributed by atoms with Crippen molar-refractivity contribution in [3.8, 4) is 0 Å². The van der Waals surface area contributed by atoms with Gasteiger partial charge in [-0.3, -0.25) is 0 Å². The molecule has 0 unspecified atom stereocenters. The number of aromatic nitrogens is 2. The first-order valence-corrected chi connectivity index (χ1v) is 12.6. The lowest BCUT2D eigenvalue weighted by Crippen LogP contribution is -2.04. The fraction of sp³-hybridized carbons (Fsp3) is 0.567. The Morgan fingerprint density at radius 2 is 1.75 bits per heavy atom. The SMILES string of the molecule is C=CCC.C=Cc1c(C=C(C)C)nc(CC)n1CCC.CC.CC1=CC(C(C)C)=CCC1. The Balaban J connectivity index is 0. The van der Waals surface area contributed by atoms with Crippen LogP contribution in [0.1, 0.15) is 112 Å².